The summed E-state index contributed by atoms with van der Waals surface area (Å²) in [5.41, 5.74) is 11.2. The van der Waals surface area contributed by atoms with Crippen molar-refractivity contribution in [2.75, 3.05) is 64.0 Å². The van der Waals surface area contributed by atoms with Crippen LogP contribution in [0.5, 0.6) is 0 Å². The fourth-order valence-corrected chi connectivity index (χ4v) is 22.3. The topological polar surface area (TPSA) is 120 Å². The molecule has 0 N–H and O–H groups in total. The van der Waals surface area contributed by atoms with Gasteiger partial charge in [0.2, 0.25) is 0 Å². The predicted molar refractivity (Wildman–Crippen MR) is 413 cm³/mol. The van der Waals surface area contributed by atoms with E-state index in [2.05, 4.69) is 218 Å². The Morgan fingerprint density at radius 2 is 0.561 bits per heavy atom. The molecule has 13 nitrogen and oxygen atoms in total. The molecule has 1 atom stereocenters. The van der Waals surface area contributed by atoms with Gasteiger partial charge in [-0.1, -0.05) is 104 Å². The van der Waals surface area contributed by atoms with E-state index in [9.17, 15) is 0 Å². The molecule has 0 amide bonds. The molecule has 1 saturated heterocycles. The fraction of sp³-hybridized carbons (Fsp3) is 0.755. The zero-order valence-electron chi connectivity index (χ0n) is 61.1. The van der Waals surface area contributed by atoms with Crippen molar-refractivity contribution in [3.05, 3.63) is 80.6 Å². The monoisotopic (exact) mass is 1560 g/mol. The molecule has 29 heteroatoms. The van der Waals surface area contributed by atoms with Crippen molar-refractivity contribution in [2.24, 2.45) is 0 Å². The van der Waals surface area contributed by atoms with E-state index < -0.39 is 110 Å². The molecule has 0 saturated carbocycles. The van der Waals surface area contributed by atoms with Gasteiger partial charge in [-0.15, -0.1) is 50.9 Å². The van der Waals surface area contributed by atoms with Crippen molar-refractivity contribution in [3.63, 3.8) is 0 Å². The van der Waals surface area contributed by atoms with E-state index in [4.69, 9.17) is 56.3 Å². The van der Waals surface area contributed by atoms with Gasteiger partial charge in [0.05, 0.1) is 16.1 Å². The minimum Gasteiger partial charge on any atom is -0.424 e. The maximum Gasteiger partial charge on any atom is 0.344 e. The van der Waals surface area contributed by atoms with Crippen molar-refractivity contribution in [2.45, 2.75) is 203 Å². The second-order valence-corrected chi connectivity index (χ2v) is 76.4. The van der Waals surface area contributed by atoms with Crippen molar-refractivity contribution >= 4 is 139 Å². The Labute approximate surface area is 556 Å². The van der Waals surface area contributed by atoms with E-state index >= 15 is 0 Å². The first-order valence-electron chi connectivity index (χ1n) is 27.5. The normalized spacial score (nSPS) is 19.4. The number of hydrogen-bond acceptors (Lipinski definition) is 13. The van der Waals surface area contributed by atoms with E-state index in [1.165, 1.54) is 12.5 Å². The van der Waals surface area contributed by atoms with Gasteiger partial charge in [-0.05, 0) is 144 Å². The van der Waals surface area contributed by atoms with Crippen LogP contribution >= 0.6 is 28.9 Å². The SMILES string of the molecule is C=C[Si](C)(C)C.C=C[Si](C)(C)C.C=C[Si]1(C)O[Si](C)(C=C)O[Si](C)(C=C)O[Si](C)(C=C)O1.CCC[Si](C)(C)OC.CO[SiH](C)C.CO[Si](C)(C)C.CO[Si](C)(C)C.CO[Si](C)(C)C.CO[Si](C)(C)OC.CO[Si](C)(C)OC.PI.[CH2-]C.[V]. The molecule has 1 aliphatic rings. The average Bonchev–Trinajstić information content (AvgIpc) is 3.37. The van der Waals surface area contributed by atoms with E-state index in [0.29, 0.717) is 0 Å². The Hall–Kier alpha value is 2.48. The van der Waals surface area contributed by atoms with Crippen molar-refractivity contribution in [1.29, 1.82) is 0 Å². The van der Waals surface area contributed by atoms with E-state index in [0.717, 1.165) is 0 Å². The van der Waals surface area contributed by atoms with E-state index in [1.54, 1.807) is 86.6 Å². The molecule has 1 unspecified atom stereocenters. The van der Waals surface area contributed by atoms with Crippen molar-refractivity contribution in [3.8, 4) is 0 Å². The summed E-state index contributed by atoms with van der Waals surface area (Å²) in [6, 6.07) is 1.28. The molecule has 1 aliphatic heterocycles. The number of rotatable bonds is 17. The zero-order valence-corrected chi connectivity index (χ0v) is 79.0. The molecule has 501 valence electrons. The maximum atomic E-state index is 6.25. The van der Waals surface area contributed by atoms with Crippen LogP contribution < -0.4 is 0 Å². The first kappa shape index (κ1) is 112. The summed E-state index contributed by atoms with van der Waals surface area (Å²) < 4.78 is 70.5. The van der Waals surface area contributed by atoms with Crippen LogP contribution in [0.4, 0.5) is 0 Å². The standard InChI is InChI=1S/C12H24O4Si4.C6H16OSi.2C5H12Si.2C4H12O2Si.3C4H12OSi.C3H10OSi.C2H5.H2IP.V/c1-9-17(5)13-18(6,10-2)15-20(8,12-4)16-19(7,11-3)14-17;1-5-6-8(3,4)7-2;2*1-5-6(2,3)4;2*1-5-7(3,4)6-2;3*1-5-6(2,3)4;1-4-5(2)3;2*1-2;/h9-12H,1-4H2,5-8H3;5-6H2,1-4H3;2*5H,1H2,2-4H3;2*1-4H3;3*1-4H3;5H,1-3H3;1H2,2H3;2H2;/q;;;;;;;;;;-1;;. The van der Waals surface area contributed by atoms with Gasteiger partial charge in [0.25, 0.3) is 0 Å². The van der Waals surface area contributed by atoms with Gasteiger partial charge in [0.15, 0.2) is 42.3 Å². The predicted octanol–water partition coefficient (Wildman–Crippen LogP) is 18.6. The average molecular weight is 1560 g/mol. The summed E-state index contributed by atoms with van der Waals surface area (Å²) in [7, 11) is -5.05. The molecule has 1 fully saturated rings. The summed E-state index contributed by atoms with van der Waals surface area (Å²) in [4.78, 5) is 0. The van der Waals surface area contributed by atoms with Crippen LogP contribution in [0.15, 0.2) is 73.7 Å². The summed E-state index contributed by atoms with van der Waals surface area (Å²) in [6.07, 6.45) is 1.26. The molecule has 1 rings (SSSR count). The van der Waals surface area contributed by atoms with Gasteiger partial charge in [0.1, 0.15) is 0 Å². The molecule has 1 radical (unpaired) electrons. The van der Waals surface area contributed by atoms with Crippen LogP contribution in [0.3, 0.4) is 0 Å². The third kappa shape index (κ3) is 98.7. The smallest absolute Gasteiger partial charge is 0.344 e. The Kier molecular flexibility index (Phi) is 80.0. The van der Waals surface area contributed by atoms with Gasteiger partial charge in [0, 0.05) is 82.5 Å². The van der Waals surface area contributed by atoms with Crippen LogP contribution in [0.25, 0.3) is 0 Å². The van der Waals surface area contributed by atoms with Gasteiger partial charge in [-0.25, -0.2) is 0 Å². The molecule has 0 bridgehead atoms. The van der Waals surface area contributed by atoms with Gasteiger partial charge in [-0.2, -0.15) is 6.92 Å². The van der Waals surface area contributed by atoms with Crippen LogP contribution in [0, 0.1) is 6.92 Å². The van der Waals surface area contributed by atoms with Crippen molar-refractivity contribution < 1.29 is 74.9 Å². The van der Waals surface area contributed by atoms with Crippen LogP contribution in [-0.2, 0) is 74.9 Å². The Bertz CT molecular complexity index is 1330. The Morgan fingerprint density at radius 1 is 0.415 bits per heavy atom. The second-order valence-electron chi connectivity index (χ2n) is 25.0. The van der Waals surface area contributed by atoms with Crippen LogP contribution in [0.1, 0.15) is 20.3 Å². The molecule has 0 aromatic rings. The van der Waals surface area contributed by atoms with E-state index in [-0.39, 0.29) is 18.6 Å². The molecule has 0 aromatic heterocycles. The minimum atomic E-state index is -2.60. The first-order valence-corrected chi connectivity index (χ1v) is 70.2. The zero-order chi connectivity index (χ0) is 68.4. The molecule has 82 heavy (non-hydrogen) atoms. The van der Waals surface area contributed by atoms with Crippen LogP contribution in [0.2, 0.25) is 183 Å². The molecular weight excluding hydrogens is 1420 g/mol. The molecule has 0 spiro atoms. The van der Waals surface area contributed by atoms with Crippen molar-refractivity contribution in [1.82, 2.24) is 0 Å². The second kappa shape index (κ2) is 58.6. The van der Waals surface area contributed by atoms with E-state index in [1.807, 2.05) is 59.5 Å². The third-order valence-electron chi connectivity index (χ3n) is 10.0. The third-order valence-corrected chi connectivity index (χ3v) is 39.8. The van der Waals surface area contributed by atoms with Crippen LogP contribution in [-0.4, -0.2) is 174 Å². The van der Waals surface area contributed by atoms with Gasteiger partial charge in [-0.3, -0.25) is 0 Å². The Morgan fingerprint density at radius 3 is 0.598 bits per heavy atom. The molecular formula is C53H141IO13PSi13V-. The first-order chi connectivity index (χ1) is 36.0. The summed E-state index contributed by atoms with van der Waals surface area (Å²) in [6.45, 7) is 89.9. The summed E-state index contributed by atoms with van der Waals surface area (Å²) in [5, 5.41) is 0. The van der Waals surface area contributed by atoms with Gasteiger partial charge >= 0.3 is 51.4 Å². The molecule has 0 aromatic carbocycles. The quantitative estimate of drug-likeness (QED) is 0.0595. The number of hydrogen-bond donors (Lipinski definition) is 0. The summed E-state index contributed by atoms with van der Waals surface area (Å²) >= 11 is 2.07. The largest absolute Gasteiger partial charge is 0.424 e. The Balaban J connectivity index is -0.0000000688. The molecule has 1 heterocycles. The van der Waals surface area contributed by atoms with Gasteiger partial charge < -0.3 is 63.2 Å². The molecule has 0 aliphatic carbocycles. The maximum absolute atomic E-state index is 6.25. The number of halogens is 1. The summed E-state index contributed by atoms with van der Waals surface area (Å²) in [5.74, 6) is 0. The fourth-order valence-electron chi connectivity index (χ4n) is 2.90. The minimum absolute atomic E-state index is 0.